The molecule has 2 aromatic carbocycles. The number of aryl methyl sites for hydroxylation is 1. The summed E-state index contributed by atoms with van der Waals surface area (Å²) in [7, 11) is 2.04. The lowest BCUT2D eigenvalue weighted by Gasteiger charge is -2.26. The van der Waals surface area contributed by atoms with Crippen LogP contribution in [0.5, 0.6) is 0 Å². The van der Waals surface area contributed by atoms with E-state index in [1.165, 1.54) is 16.7 Å². The predicted octanol–water partition coefficient (Wildman–Crippen LogP) is 3.08. The first-order valence-corrected chi connectivity index (χ1v) is 10.2. The number of carbonyl (C=O) groups is 1. The Kier molecular flexibility index (Phi) is 6.05. The minimum Gasteiger partial charge on any atom is -0.379 e. The summed E-state index contributed by atoms with van der Waals surface area (Å²) in [5, 5.41) is 3.04. The van der Waals surface area contributed by atoms with Gasteiger partial charge >= 0.3 is 0 Å². The average Bonchev–Trinajstić information content (AvgIpc) is 3.14. The summed E-state index contributed by atoms with van der Waals surface area (Å²) in [6.45, 7) is 4.92. The van der Waals surface area contributed by atoms with E-state index in [1.807, 2.05) is 19.2 Å². The third-order valence-electron chi connectivity index (χ3n) is 5.77. The molecule has 1 amide bonds. The Morgan fingerprint density at radius 1 is 1.14 bits per heavy atom. The van der Waals surface area contributed by atoms with Crippen molar-refractivity contribution >= 4 is 11.6 Å². The summed E-state index contributed by atoms with van der Waals surface area (Å²) in [5.41, 5.74) is 4.90. The fourth-order valence-corrected chi connectivity index (χ4v) is 4.24. The van der Waals surface area contributed by atoms with Gasteiger partial charge in [-0.3, -0.25) is 14.6 Å². The number of anilines is 1. The first-order chi connectivity index (χ1) is 13.7. The summed E-state index contributed by atoms with van der Waals surface area (Å²) >= 11 is 0. The Hall–Kier alpha value is -2.21. The molecule has 0 aromatic heterocycles. The number of rotatable bonds is 6. The van der Waals surface area contributed by atoms with Gasteiger partial charge in [0.15, 0.2) is 0 Å². The van der Waals surface area contributed by atoms with Gasteiger partial charge in [-0.1, -0.05) is 36.4 Å². The maximum atomic E-state index is 12.5. The van der Waals surface area contributed by atoms with Crippen LogP contribution < -0.4 is 5.32 Å². The van der Waals surface area contributed by atoms with Crippen LogP contribution in [0.15, 0.2) is 48.5 Å². The van der Waals surface area contributed by atoms with E-state index in [1.54, 1.807) is 0 Å². The van der Waals surface area contributed by atoms with Gasteiger partial charge in [0.1, 0.15) is 0 Å². The number of benzene rings is 2. The summed E-state index contributed by atoms with van der Waals surface area (Å²) in [6.07, 6.45) is 2.18. The van der Waals surface area contributed by atoms with E-state index in [0.29, 0.717) is 12.6 Å². The molecule has 28 heavy (non-hydrogen) atoms. The number of fused-ring (bicyclic) bond motifs is 1. The highest BCUT2D eigenvalue weighted by Crippen LogP contribution is 2.34. The van der Waals surface area contributed by atoms with Crippen LogP contribution in [0.3, 0.4) is 0 Å². The molecule has 1 aliphatic carbocycles. The van der Waals surface area contributed by atoms with Gasteiger partial charge in [-0.2, -0.15) is 0 Å². The molecule has 0 spiro atoms. The van der Waals surface area contributed by atoms with Crippen molar-refractivity contribution in [1.29, 1.82) is 0 Å². The summed E-state index contributed by atoms with van der Waals surface area (Å²) < 4.78 is 5.40. The smallest absolute Gasteiger partial charge is 0.238 e. The molecule has 2 aliphatic rings. The average molecular weight is 380 g/mol. The fourth-order valence-electron chi connectivity index (χ4n) is 4.24. The number of likely N-dealkylation sites (N-methyl/N-ethyl adjacent to an activating group) is 1. The minimum absolute atomic E-state index is 0.0350. The van der Waals surface area contributed by atoms with Gasteiger partial charge in [-0.25, -0.2) is 0 Å². The second-order valence-corrected chi connectivity index (χ2v) is 7.80. The zero-order chi connectivity index (χ0) is 19.3. The van der Waals surface area contributed by atoms with Crippen LogP contribution in [0.2, 0.25) is 0 Å². The molecule has 1 atom stereocenters. The van der Waals surface area contributed by atoms with Crippen LogP contribution in [0, 0.1) is 0 Å². The molecule has 1 heterocycles. The molecular formula is C23H29N3O2. The zero-order valence-corrected chi connectivity index (χ0v) is 16.6. The van der Waals surface area contributed by atoms with Crippen molar-refractivity contribution in [2.24, 2.45) is 0 Å². The quantitative estimate of drug-likeness (QED) is 0.838. The van der Waals surface area contributed by atoms with Crippen LogP contribution in [0.25, 0.3) is 0 Å². The van der Waals surface area contributed by atoms with Crippen LogP contribution in [-0.2, 0) is 22.5 Å². The molecule has 5 nitrogen and oxygen atoms in total. The maximum absolute atomic E-state index is 12.5. The number of nitrogens with zero attached hydrogens (tertiary/aromatic N) is 2. The Balaban J connectivity index is 1.29. The largest absolute Gasteiger partial charge is 0.379 e. The second kappa shape index (κ2) is 8.86. The van der Waals surface area contributed by atoms with Gasteiger partial charge < -0.3 is 10.1 Å². The lowest BCUT2D eigenvalue weighted by atomic mass is 10.1. The number of amides is 1. The minimum atomic E-state index is 0.0350. The number of morpholine rings is 1. The lowest BCUT2D eigenvalue weighted by molar-refractivity contribution is -0.117. The van der Waals surface area contributed by atoms with Crippen LogP contribution in [-0.4, -0.2) is 55.6 Å². The van der Waals surface area contributed by atoms with Gasteiger partial charge in [0.05, 0.1) is 19.8 Å². The molecule has 0 saturated carbocycles. The highest BCUT2D eigenvalue weighted by Gasteiger charge is 2.26. The Bertz CT molecular complexity index is 800. The van der Waals surface area contributed by atoms with Crippen molar-refractivity contribution in [3.8, 4) is 0 Å². The van der Waals surface area contributed by atoms with Crippen molar-refractivity contribution in [1.82, 2.24) is 9.80 Å². The fraction of sp³-hybridized carbons (Fsp3) is 0.435. The Labute approximate surface area is 167 Å². The van der Waals surface area contributed by atoms with Crippen molar-refractivity contribution in [3.05, 3.63) is 65.2 Å². The summed E-state index contributed by atoms with van der Waals surface area (Å²) in [6, 6.07) is 17.1. The number of ether oxygens (including phenoxy) is 1. The van der Waals surface area contributed by atoms with Crippen molar-refractivity contribution in [2.45, 2.75) is 25.4 Å². The van der Waals surface area contributed by atoms with Gasteiger partial charge in [0, 0.05) is 31.4 Å². The van der Waals surface area contributed by atoms with E-state index in [0.717, 1.165) is 51.4 Å². The zero-order valence-electron chi connectivity index (χ0n) is 16.6. The molecule has 0 radical (unpaired) electrons. The molecule has 0 unspecified atom stereocenters. The van der Waals surface area contributed by atoms with Crippen LogP contribution in [0.1, 0.15) is 29.2 Å². The molecule has 1 fully saturated rings. The number of hydrogen-bond donors (Lipinski definition) is 1. The number of carbonyl (C=O) groups excluding carboxylic acids is 1. The van der Waals surface area contributed by atoms with E-state index in [9.17, 15) is 4.79 Å². The molecule has 1 N–H and O–H groups in total. The summed E-state index contributed by atoms with van der Waals surface area (Å²) in [4.78, 5) is 17.1. The van der Waals surface area contributed by atoms with E-state index >= 15 is 0 Å². The first-order valence-electron chi connectivity index (χ1n) is 10.2. The molecule has 4 rings (SSSR count). The molecule has 5 heteroatoms. The lowest BCUT2D eigenvalue weighted by Crippen LogP contribution is -2.35. The standard InChI is InChI=1S/C23H29N3O2/c1-25(22-11-8-19-4-2-3-5-21(19)22)17-23(27)24-20-9-6-18(7-10-20)16-26-12-14-28-15-13-26/h2-7,9-10,22H,8,11-17H2,1H3,(H,24,27)/t22-/m0/s1. The van der Waals surface area contributed by atoms with Crippen LogP contribution >= 0.6 is 0 Å². The predicted molar refractivity (Wildman–Crippen MR) is 111 cm³/mol. The van der Waals surface area contributed by atoms with Crippen LogP contribution in [0.4, 0.5) is 5.69 Å². The number of hydrogen-bond acceptors (Lipinski definition) is 4. The monoisotopic (exact) mass is 379 g/mol. The molecular weight excluding hydrogens is 350 g/mol. The van der Waals surface area contributed by atoms with E-state index in [2.05, 4.69) is 51.5 Å². The third-order valence-corrected chi connectivity index (χ3v) is 5.77. The highest BCUT2D eigenvalue weighted by molar-refractivity contribution is 5.92. The van der Waals surface area contributed by atoms with Crippen molar-refractivity contribution in [3.63, 3.8) is 0 Å². The maximum Gasteiger partial charge on any atom is 0.238 e. The van der Waals surface area contributed by atoms with Gasteiger partial charge in [-0.15, -0.1) is 0 Å². The molecule has 2 aromatic rings. The van der Waals surface area contributed by atoms with Gasteiger partial charge in [0.2, 0.25) is 5.91 Å². The van der Waals surface area contributed by atoms with E-state index < -0.39 is 0 Å². The molecule has 1 aliphatic heterocycles. The molecule has 0 bridgehead atoms. The van der Waals surface area contributed by atoms with Crippen molar-refractivity contribution in [2.75, 3.05) is 45.2 Å². The van der Waals surface area contributed by atoms with Gasteiger partial charge in [0.25, 0.3) is 0 Å². The topological polar surface area (TPSA) is 44.8 Å². The van der Waals surface area contributed by atoms with E-state index in [-0.39, 0.29) is 5.91 Å². The molecule has 1 saturated heterocycles. The second-order valence-electron chi connectivity index (χ2n) is 7.80. The third kappa shape index (κ3) is 4.61. The first kappa shape index (κ1) is 19.1. The number of nitrogens with one attached hydrogen (secondary N) is 1. The highest BCUT2D eigenvalue weighted by atomic mass is 16.5. The molecule has 148 valence electrons. The normalized spacial score (nSPS) is 19.6. The Morgan fingerprint density at radius 3 is 2.68 bits per heavy atom. The van der Waals surface area contributed by atoms with E-state index in [4.69, 9.17) is 4.74 Å². The summed E-state index contributed by atoms with van der Waals surface area (Å²) in [5.74, 6) is 0.0350. The van der Waals surface area contributed by atoms with Gasteiger partial charge in [-0.05, 0) is 48.7 Å². The SMILES string of the molecule is CN(CC(=O)Nc1ccc(CN2CCOCC2)cc1)[C@H]1CCc2ccccc21. The van der Waals surface area contributed by atoms with Crippen molar-refractivity contribution < 1.29 is 9.53 Å². The Morgan fingerprint density at radius 2 is 1.89 bits per heavy atom.